The topological polar surface area (TPSA) is 67.2 Å². The third kappa shape index (κ3) is 3.44. The first-order valence-corrected chi connectivity index (χ1v) is 9.85. The fourth-order valence-corrected chi connectivity index (χ4v) is 3.94. The summed E-state index contributed by atoms with van der Waals surface area (Å²) < 4.78 is 1.99. The van der Waals surface area contributed by atoms with Gasteiger partial charge in [0.15, 0.2) is 0 Å². The second-order valence-corrected chi connectivity index (χ2v) is 7.62. The van der Waals surface area contributed by atoms with Gasteiger partial charge < -0.3 is 9.80 Å². The molecule has 0 saturated carbocycles. The highest BCUT2D eigenvalue weighted by atomic mass is 32.1. The molecule has 0 aliphatic carbocycles. The maximum absolute atomic E-state index is 12.5. The molecule has 1 saturated heterocycles. The second kappa shape index (κ2) is 7.11. The summed E-state index contributed by atoms with van der Waals surface area (Å²) in [6.07, 6.45) is 1.80. The van der Waals surface area contributed by atoms with Gasteiger partial charge in [0.05, 0.1) is 10.6 Å². The Morgan fingerprint density at radius 1 is 1.07 bits per heavy atom. The van der Waals surface area contributed by atoms with Crippen molar-refractivity contribution in [1.29, 1.82) is 0 Å². The number of thiophene rings is 1. The van der Waals surface area contributed by atoms with Crippen LogP contribution in [0.15, 0.2) is 29.9 Å². The zero-order chi connectivity index (χ0) is 19.0. The first-order chi connectivity index (χ1) is 13.0. The first-order valence-electron chi connectivity index (χ1n) is 8.97. The number of carbonyl (C=O) groups is 1. The minimum Gasteiger partial charge on any atom is -0.353 e. The van der Waals surface area contributed by atoms with Gasteiger partial charge in [-0.2, -0.15) is 0 Å². The minimum atomic E-state index is 0.119. The summed E-state index contributed by atoms with van der Waals surface area (Å²) in [4.78, 5) is 31.0. The van der Waals surface area contributed by atoms with Gasteiger partial charge in [-0.15, -0.1) is 11.3 Å². The van der Waals surface area contributed by atoms with Gasteiger partial charge in [-0.3, -0.25) is 9.36 Å². The highest BCUT2D eigenvalue weighted by Crippen LogP contribution is 2.20. The van der Waals surface area contributed by atoms with Crippen LogP contribution in [0, 0.1) is 20.8 Å². The zero-order valence-corrected chi connectivity index (χ0v) is 16.5. The first kappa shape index (κ1) is 17.7. The number of aromatic nitrogens is 4. The molecular weight excluding hydrogens is 360 g/mol. The van der Waals surface area contributed by atoms with Crippen LogP contribution in [0.5, 0.6) is 0 Å². The van der Waals surface area contributed by atoms with Gasteiger partial charge >= 0.3 is 0 Å². The molecule has 0 spiro atoms. The largest absolute Gasteiger partial charge is 0.353 e. The molecular formula is C19H22N6OS. The summed E-state index contributed by atoms with van der Waals surface area (Å²) in [5, 5.41) is 1.94. The summed E-state index contributed by atoms with van der Waals surface area (Å²) in [6.45, 7) is 8.84. The molecule has 4 rings (SSSR count). The van der Waals surface area contributed by atoms with Crippen molar-refractivity contribution in [1.82, 2.24) is 24.4 Å². The molecule has 0 N–H and O–H groups in total. The van der Waals surface area contributed by atoms with E-state index in [0.29, 0.717) is 13.1 Å². The van der Waals surface area contributed by atoms with Crippen LogP contribution in [0.25, 0.3) is 5.82 Å². The number of hydrogen-bond acceptors (Lipinski definition) is 6. The highest BCUT2D eigenvalue weighted by Gasteiger charge is 2.24. The van der Waals surface area contributed by atoms with E-state index in [4.69, 9.17) is 0 Å². The van der Waals surface area contributed by atoms with E-state index in [1.165, 1.54) is 11.3 Å². The average molecular weight is 382 g/mol. The predicted octanol–water partition coefficient (Wildman–Crippen LogP) is 2.61. The van der Waals surface area contributed by atoms with Crippen LogP contribution in [0.2, 0.25) is 0 Å². The number of carbonyl (C=O) groups excluding carboxylic acids is 1. The lowest BCUT2D eigenvalue weighted by Crippen LogP contribution is -2.49. The summed E-state index contributed by atoms with van der Waals surface area (Å²) in [7, 11) is 0. The standard InChI is InChI=1S/C19H22N6OS/c1-13-14(2)25(12-20-13)18-11-17(21-15(3)22-18)23-6-8-24(9-7-23)19(26)16-5-4-10-27-16/h4-5,10-12H,6-9H2,1-3H3. The van der Waals surface area contributed by atoms with E-state index in [-0.39, 0.29) is 5.91 Å². The molecule has 1 aliphatic rings. The van der Waals surface area contributed by atoms with E-state index in [9.17, 15) is 4.79 Å². The Kier molecular flexibility index (Phi) is 4.65. The quantitative estimate of drug-likeness (QED) is 0.697. The Hall–Kier alpha value is -2.74. The van der Waals surface area contributed by atoms with Crippen molar-refractivity contribution in [2.24, 2.45) is 0 Å². The lowest BCUT2D eigenvalue weighted by molar-refractivity contribution is 0.0751. The van der Waals surface area contributed by atoms with Crippen molar-refractivity contribution in [2.75, 3.05) is 31.1 Å². The number of imidazole rings is 1. The van der Waals surface area contributed by atoms with Gasteiger partial charge in [-0.25, -0.2) is 15.0 Å². The molecule has 0 aromatic carbocycles. The molecule has 1 amide bonds. The molecule has 3 aromatic heterocycles. The molecule has 0 unspecified atom stereocenters. The maximum Gasteiger partial charge on any atom is 0.264 e. The van der Waals surface area contributed by atoms with Crippen molar-refractivity contribution < 1.29 is 4.79 Å². The minimum absolute atomic E-state index is 0.119. The number of rotatable bonds is 3. The summed E-state index contributed by atoms with van der Waals surface area (Å²) in [5.41, 5.74) is 2.07. The van der Waals surface area contributed by atoms with Gasteiger partial charge in [0.2, 0.25) is 0 Å². The summed E-state index contributed by atoms with van der Waals surface area (Å²) in [6, 6.07) is 5.80. The zero-order valence-electron chi connectivity index (χ0n) is 15.7. The van der Waals surface area contributed by atoms with Gasteiger partial charge in [0.25, 0.3) is 5.91 Å². The third-order valence-electron chi connectivity index (χ3n) is 4.93. The Morgan fingerprint density at radius 3 is 2.44 bits per heavy atom. The molecule has 140 valence electrons. The third-order valence-corrected chi connectivity index (χ3v) is 5.79. The van der Waals surface area contributed by atoms with Gasteiger partial charge in [0, 0.05) is 37.9 Å². The molecule has 4 heterocycles. The van der Waals surface area contributed by atoms with Crippen molar-refractivity contribution in [3.8, 4) is 5.82 Å². The van der Waals surface area contributed by atoms with Crippen LogP contribution in [0.1, 0.15) is 26.9 Å². The van der Waals surface area contributed by atoms with Crippen molar-refractivity contribution in [2.45, 2.75) is 20.8 Å². The number of aryl methyl sites for hydroxylation is 2. The molecule has 3 aromatic rings. The summed E-state index contributed by atoms with van der Waals surface area (Å²) >= 11 is 1.49. The van der Waals surface area contributed by atoms with Crippen molar-refractivity contribution in [3.05, 3.63) is 52.0 Å². The lowest BCUT2D eigenvalue weighted by Gasteiger charge is -2.35. The van der Waals surface area contributed by atoms with Crippen LogP contribution < -0.4 is 4.90 Å². The Balaban J connectivity index is 1.52. The highest BCUT2D eigenvalue weighted by molar-refractivity contribution is 7.12. The maximum atomic E-state index is 12.5. The van der Waals surface area contributed by atoms with Crippen molar-refractivity contribution in [3.63, 3.8) is 0 Å². The van der Waals surface area contributed by atoms with Crippen LogP contribution in [-0.4, -0.2) is 56.5 Å². The monoisotopic (exact) mass is 382 g/mol. The Labute approximate surface area is 162 Å². The number of anilines is 1. The molecule has 0 bridgehead atoms. The van der Waals surface area contributed by atoms with Gasteiger partial charge in [0.1, 0.15) is 23.8 Å². The fourth-order valence-electron chi connectivity index (χ4n) is 3.25. The van der Waals surface area contributed by atoms with Crippen LogP contribution >= 0.6 is 11.3 Å². The van der Waals surface area contributed by atoms with E-state index < -0.39 is 0 Å². The summed E-state index contributed by atoms with van der Waals surface area (Å²) in [5.74, 6) is 2.57. The fraction of sp³-hybridized carbons (Fsp3) is 0.368. The van der Waals surface area contributed by atoms with E-state index in [2.05, 4.69) is 19.9 Å². The molecule has 8 heteroatoms. The lowest BCUT2D eigenvalue weighted by atomic mass is 10.3. The average Bonchev–Trinajstić information content (AvgIpc) is 3.32. The van der Waals surface area contributed by atoms with Crippen molar-refractivity contribution >= 4 is 23.1 Å². The smallest absolute Gasteiger partial charge is 0.264 e. The second-order valence-electron chi connectivity index (χ2n) is 6.67. The molecule has 0 radical (unpaired) electrons. The van der Waals surface area contributed by atoms with E-state index in [1.54, 1.807) is 6.33 Å². The van der Waals surface area contributed by atoms with Crippen LogP contribution in [0.4, 0.5) is 5.82 Å². The molecule has 7 nitrogen and oxygen atoms in total. The normalized spacial score (nSPS) is 14.6. The predicted molar refractivity (Wildman–Crippen MR) is 106 cm³/mol. The number of hydrogen-bond donors (Lipinski definition) is 0. The Bertz CT molecular complexity index is 957. The van der Waals surface area contributed by atoms with Crippen LogP contribution in [-0.2, 0) is 0 Å². The van der Waals surface area contributed by atoms with E-state index in [1.807, 2.05) is 53.8 Å². The molecule has 0 atom stereocenters. The van der Waals surface area contributed by atoms with Gasteiger partial charge in [-0.1, -0.05) is 6.07 Å². The van der Waals surface area contributed by atoms with E-state index in [0.717, 1.165) is 46.8 Å². The Morgan fingerprint density at radius 2 is 1.81 bits per heavy atom. The SMILES string of the molecule is Cc1nc(N2CCN(C(=O)c3cccs3)CC2)cc(-n2cnc(C)c2C)n1. The molecule has 27 heavy (non-hydrogen) atoms. The molecule has 1 aliphatic heterocycles. The molecule has 1 fully saturated rings. The number of amides is 1. The van der Waals surface area contributed by atoms with E-state index >= 15 is 0 Å². The van der Waals surface area contributed by atoms with Crippen LogP contribution in [0.3, 0.4) is 0 Å². The number of nitrogens with zero attached hydrogens (tertiary/aromatic N) is 6. The number of piperazine rings is 1. The van der Waals surface area contributed by atoms with Gasteiger partial charge in [-0.05, 0) is 32.2 Å².